The Labute approximate surface area is 173 Å². The zero-order valence-corrected chi connectivity index (χ0v) is 16.4. The zero-order valence-electron chi connectivity index (χ0n) is 16.4. The number of anilines is 1. The first-order valence-corrected chi connectivity index (χ1v) is 10.2. The van der Waals surface area contributed by atoms with E-state index in [1.807, 2.05) is 30.6 Å². The maximum Gasteiger partial charge on any atom is 0.150 e. The molecule has 0 amide bonds. The molecule has 0 unspecified atom stereocenters. The Kier molecular flexibility index (Phi) is 3.77. The van der Waals surface area contributed by atoms with Gasteiger partial charge in [-0.2, -0.15) is 0 Å². The van der Waals surface area contributed by atoms with Crippen molar-refractivity contribution in [3.63, 3.8) is 0 Å². The largest absolute Gasteiger partial charge is 0.382 e. The van der Waals surface area contributed by atoms with E-state index in [1.165, 1.54) is 19.3 Å². The lowest BCUT2D eigenvalue weighted by molar-refractivity contribution is 0.400. The minimum Gasteiger partial charge on any atom is -0.382 e. The minimum atomic E-state index is 0.490. The molecule has 1 aliphatic carbocycles. The number of nitrogens with zero attached hydrogens (tertiary/aromatic N) is 5. The highest BCUT2D eigenvalue weighted by Gasteiger charge is 2.26. The molecule has 30 heavy (non-hydrogen) atoms. The Hall–Kier alpha value is -3.80. The van der Waals surface area contributed by atoms with Gasteiger partial charge in [-0.15, -0.1) is 0 Å². The van der Waals surface area contributed by atoms with Crippen LogP contribution in [-0.2, 0) is 0 Å². The van der Waals surface area contributed by atoms with E-state index >= 15 is 0 Å². The van der Waals surface area contributed by atoms with Gasteiger partial charge < -0.3 is 5.73 Å². The molecular weight excluding hydrogens is 372 g/mol. The highest BCUT2D eigenvalue weighted by molar-refractivity contribution is 5.91. The van der Waals surface area contributed by atoms with E-state index in [0.29, 0.717) is 11.7 Å². The molecule has 0 radical (unpaired) electrons. The van der Waals surface area contributed by atoms with Crippen molar-refractivity contribution >= 4 is 22.2 Å². The van der Waals surface area contributed by atoms with Crippen LogP contribution in [-0.4, -0.2) is 24.3 Å². The van der Waals surface area contributed by atoms with Crippen LogP contribution >= 0.6 is 0 Å². The lowest BCUT2D eigenvalue weighted by atomic mass is 9.85. The number of imidazole rings is 1. The fourth-order valence-corrected chi connectivity index (χ4v) is 4.18. The number of pyridine rings is 2. The van der Waals surface area contributed by atoms with Crippen LogP contribution in [0.3, 0.4) is 0 Å². The Morgan fingerprint density at radius 2 is 1.87 bits per heavy atom. The van der Waals surface area contributed by atoms with Crippen molar-refractivity contribution in [3.8, 4) is 22.5 Å². The fourth-order valence-electron chi connectivity index (χ4n) is 4.18. The lowest BCUT2D eigenvalue weighted by Gasteiger charge is -2.23. The average molecular weight is 392 g/mol. The highest BCUT2D eigenvalue weighted by atomic mass is 15.1. The number of nitrogens with two attached hydrogens (primary N) is 1. The number of rotatable bonds is 3. The summed E-state index contributed by atoms with van der Waals surface area (Å²) in [5.74, 6) is 2.07. The van der Waals surface area contributed by atoms with Gasteiger partial charge in [0.15, 0.2) is 0 Å². The molecule has 0 spiro atoms. The highest BCUT2D eigenvalue weighted by Crippen LogP contribution is 2.39. The smallest absolute Gasteiger partial charge is 0.150 e. The van der Waals surface area contributed by atoms with Crippen molar-refractivity contribution in [1.29, 1.82) is 0 Å². The van der Waals surface area contributed by atoms with E-state index in [2.05, 4.69) is 38.6 Å². The molecule has 1 aromatic carbocycles. The van der Waals surface area contributed by atoms with Crippen molar-refractivity contribution in [2.24, 2.45) is 0 Å². The molecule has 6 heteroatoms. The minimum absolute atomic E-state index is 0.490. The Balaban J connectivity index is 1.53. The summed E-state index contributed by atoms with van der Waals surface area (Å²) in [5, 5.41) is 1.08. The fraction of sp³-hybridized carbons (Fsp3) is 0.167. The molecule has 6 rings (SSSR count). The molecular formula is C24H20N6. The molecule has 5 aromatic rings. The van der Waals surface area contributed by atoms with E-state index in [-0.39, 0.29) is 0 Å². The van der Waals surface area contributed by atoms with Gasteiger partial charge in [-0.25, -0.2) is 15.0 Å². The van der Waals surface area contributed by atoms with Crippen LogP contribution < -0.4 is 5.73 Å². The first-order valence-electron chi connectivity index (χ1n) is 10.2. The molecule has 146 valence electrons. The Morgan fingerprint density at radius 3 is 2.67 bits per heavy atom. The molecule has 1 fully saturated rings. The number of aromatic nitrogens is 5. The summed E-state index contributed by atoms with van der Waals surface area (Å²) in [6, 6.07) is 14.3. The van der Waals surface area contributed by atoms with Gasteiger partial charge in [0.1, 0.15) is 22.9 Å². The molecule has 4 aromatic heterocycles. The van der Waals surface area contributed by atoms with Crippen LogP contribution in [0.5, 0.6) is 0 Å². The summed E-state index contributed by atoms with van der Waals surface area (Å²) in [5.41, 5.74) is 11.9. The van der Waals surface area contributed by atoms with Crippen LogP contribution in [0.15, 0.2) is 67.3 Å². The molecule has 2 N–H and O–H groups in total. The van der Waals surface area contributed by atoms with Crippen molar-refractivity contribution in [1.82, 2.24) is 24.3 Å². The number of hydrogen-bond donors (Lipinski definition) is 1. The maximum atomic E-state index is 6.29. The second-order valence-electron chi connectivity index (χ2n) is 7.82. The van der Waals surface area contributed by atoms with Crippen LogP contribution in [0.4, 0.5) is 5.82 Å². The molecule has 0 atom stereocenters. The maximum absolute atomic E-state index is 6.29. The lowest BCUT2D eigenvalue weighted by Crippen LogP contribution is -2.12. The SMILES string of the molecule is Nc1nccn2c(C3CCC3)nc(-c3ccc4ccc(-c5cccnc5)nc4c3)c12. The van der Waals surface area contributed by atoms with E-state index < -0.39 is 0 Å². The third-order valence-corrected chi connectivity index (χ3v) is 6.00. The predicted molar refractivity (Wildman–Crippen MR) is 118 cm³/mol. The van der Waals surface area contributed by atoms with Crippen molar-refractivity contribution in [2.45, 2.75) is 25.2 Å². The molecule has 0 saturated heterocycles. The quantitative estimate of drug-likeness (QED) is 0.474. The first kappa shape index (κ1) is 17.1. The van der Waals surface area contributed by atoms with Gasteiger partial charge in [0.05, 0.1) is 11.2 Å². The normalized spacial score (nSPS) is 14.3. The summed E-state index contributed by atoms with van der Waals surface area (Å²) in [6.07, 6.45) is 10.9. The topological polar surface area (TPSA) is 82.0 Å². The standard InChI is InChI=1S/C24H20N6/c25-23-22-21(29-24(16-3-1-4-16)30(22)12-11-27-23)17-7-6-15-8-9-19(28-20(15)13-17)18-5-2-10-26-14-18/h2,5-14,16H,1,3-4H2,(H2,25,27). The van der Waals surface area contributed by atoms with Gasteiger partial charge in [-0.05, 0) is 37.1 Å². The second kappa shape index (κ2) is 6.62. The molecule has 0 bridgehead atoms. The third kappa shape index (κ3) is 2.64. The Bertz CT molecular complexity index is 1390. The number of nitrogen functional groups attached to an aromatic ring is 1. The van der Waals surface area contributed by atoms with E-state index in [1.54, 1.807) is 12.4 Å². The van der Waals surface area contributed by atoms with Gasteiger partial charge in [0.25, 0.3) is 0 Å². The third-order valence-electron chi connectivity index (χ3n) is 6.00. The number of fused-ring (bicyclic) bond motifs is 2. The zero-order chi connectivity index (χ0) is 20.1. The van der Waals surface area contributed by atoms with Gasteiger partial charge in [-0.1, -0.05) is 24.6 Å². The van der Waals surface area contributed by atoms with Gasteiger partial charge in [0.2, 0.25) is 0 Å². The summed E-state index contributed by atoms with van der Waals surface area (Å²) in [4.78, 5) is 18.4. The number of hydrogen-bond acceptors (Lipinski definition) is 5. The van der Waals surface area contributed by atoms with Gasteiger partial charge in [-0.3, -0.25) is 9.38 Å². The van der Waals surface area contributed by atoms with Crippen molar-refractivity contribution in [2.75, 3.05) is 5.73 Å². The Morgan fingerprint density at radius 1 is 0.967 bits per heavy atom. The molecule has 1 aliphatic rings. The summed E-state index contributed by atoms with van der Waals surface area (Å²) in [6.45, 7) is 0. The van der Waals surface area contributed by atoms with Crippen molar-refractivity contribution in [3.05, 3.63) is 73.1 Å². The van der Waals surface area contributed by atoms with Crippen molar-refractivity contribution < 1.29 is 0 Å². The van der Waals surface area contributed by atoms with E-state index in [9.17, 15) is 0 Å². The first-order chi connectivity index (χ1) is 14.8. The van der Waals surface area contributed by atoms with Gasteiger partial charge in [0, 0.05) is 47.2 Å². The van der Waals surface area contributed by atoms with Crippen LogP contribution in [0.1, 0.15) is 31.0 Å². The predicted octanol–water partition coefficient (Wildman–Crippen LogP) is 4.86. The van der Waals surface area contributed by atoms with Crippen LogP contribution in [0.2, 0.25) is 0 Å². The second-order valence-corrected chi connectivity index (χ2v) is 7.82. The van der Waals surface area contributed by atoms with Crippen LogP contribution in [0, 0.1) is 0 Å². The molecule has 0 aliphatic heterocycles. The summed E-state index contributed by atoms with van der Waals surface area (Å²) in [7, 11) is 0. The van der Waals surface area contributed by atoms with E-state index in [0.717, 1.165) is 44.8 Å². The van der Waals surface area contributed by atoms with Gasteiger partial charge >= 0.3 is 0 Å². The monoisotopic (exact) mass is 392 g/mol. The van der Waals surface area contributed by atoms with E-state index in [4.69, 9.17) is 15.7 Å². The summed E-state index contributed by atoms with van der Waals surface area (Å²) < 4.78 is 2.12. The van der Waals surface area contributed by atoms with Crippen LogP contribution in [0.25, 0.3) is 38.9 Å². The average Bonchev–Trinajstić information content (AvgIpc) is 3.13. The number of benzene rings is 1. The summed E-state index contributed by atoms with van der Waals surface area (Å²) >= 11 is 0. The molecule has 6 nitrogen and oxygen atoms in total. The molecule has 1 saturated carbocycles. The molecule has 4 heterocycles.